The third kappa shape index (κ3) is 2.93. The van der Waals surface area contributed by atoms with E-state index < -0.39 is 0 Å². The molecule has 1 aromatic carbocycles. The highest BCUT2D eigenvalue weighted by Crippen LogP contribution is 2.19. The van der Waals surface area contributed by atoms with E-state index in [0.717, 1.165) is 22.0 Å². The number of rotatable bonds is 3. The lowest BCUT2D eigenvalue weighted by atomic mass is 10.1. The van der Waals surface area contributed by atoms with Gasteiger partial charge >= 0.3 is 0 Å². The summed E-state index contributed by atoms with van der Waals surface area (Å²) in [7, 11) is 3.53. The number of hydrogen-bond acceptors (Lipinski definition) is 3. The zero-order chi connectivity index (χ0) is 17.3. The second kappa shape index (κ2) is 6.28. The summed E-state index contributed by atoms with van der Waals surface area (Å²) in [5.74, 6) is -0.276. The molecular weight excluding hydrogens is 302 g/mol. The van der Waals surface area contributed by atoms with E-state index >= 15 is 0 Å². The largest absolute Gasteiger partial charge is 0.354 e. The maximum atomic E-state index is 12.7. The third-order valence-electron chi connectivity index (χ3n) is 4.24. The summed E-state index contributed by atoms with van der Waals surface area (Å²) in [6.07, 6.45) is 5.14. The van der Waals surface area contributed by atoms with Crippen molar-refractivity contribution >= 4 is 16.7 Å². The summed E-state index contributed by atoms with van der Waals surface area (Å²) in [4.78, 5) is 30.5. The number of carbonyl (C=O) groups excluding carboxylic acids is 1. The number of benzene rings is 1. The lowest BCUT2D eigenvalue weighted by molar-refractivity contribution is 0.0783. The molecule has 3 aromatic rings. The van der Waals surface area contributed by atoms with Gasteiger partial charge in [-0.1, -0.05) is 18.2 Å². The van der Waals surface area contributed by atoms with Gasteiger partial charge in [0.15, 0.2) is 5.43 Å². The van der Waals surface area contributed by atoms with Gasteiger partial charge in [0.1, 0.15) is 5.56 Å². The highest BCUT2D eigenvalue weighted by atomic mass is 16.2. The molecule has 2 aromatic heterocycles. The van der Waals surface area contributed by atoms with Crippen LogP contribution in [0.1, 0.15) is 21.6 Å². The van der Waals surface area contributed by atoms with Crippen LogP contribution in [-0.4, -0.2) is 27.4 Å². The van der Waals surface area contributed by atoms with Crippen LogP contribution in [0.4, 0.5) is 0 Å². The van der Waals surface area contributed by atoms with Gasteiger partial charge in [-0.15, -0.1) is 0 Å². The number of pyridine rings is 2. The number of nitrogens with zero attached hydrogens (tertiary/aromatic N) is 3. The molecule has 0 radical (unpaired) electrons. The van der Waals surface area contributed by atoms with Crippen molar-refractivity contribution in [1.82, 2.24) is 14.5 Å². The van der Waals surface area contributed by atoms with Crippen molar-refractivity contribution in [3.05, 3.63) is 76.0 Å². The van der Waals surface area contributed by atoms with Crippen LogP contribution < -0.4 is 5.43 Å². The van der Waals surface area contributed by atoms with E-state index in [2.05, 4.69) is 4.98 Å². The fourth-order valence-electron chi connectivity index (χ4n) is 2.75. The maximum absolute atomic E-state index is 12.7. The number of aromatic nitrogens is 2. The van der Waals surface area contributed by atoms with Crippen LogP contribution >= 0.6 is 0 Å². The first-order valence-corrected chi connectivity index (χ1v) is 7.71. The Morgan fingerprint density at radius 2 is 2.08 bits per heavy atom. The molecule has 0 aliphatic heterocycles. The first-order valence-electron chi connectivity index (χ1n) is 7.71. The predicted octanol–water partition coefficient (Wildman–Crippen LogP) is 2.51. The van der Waals surface area contributed by atoms with Crippen molar-refractivity contribution < 1.29 is 4.79 Å². The van der Waals surface area contributed by atoms with Crippen LogP contribution in [0.5, 0.6) is 0 Å². The molecule has 0 aliphatic rings. The van der Waals surface area contributed by atoms with Crippen molar-refractivity contribution in [2.45, 2.75) is 13.5 Å². The molecule has 0 atom stereocenters. The van der Waals surface area contributed by atoms with E-state index in [4.69, 9.17) is 0 Å². The van der Waals surface area contributed by atoms with Gasteiger partial charge in [0.2, 0.25) is 0 Å². The summed E-state index contributed by atoms with van der Waals surface area (Å²) in [5.41, 5.74) is 1.78. The molecule has 1 amide bonds. The molecule has 24 heavy (non-hydrogen) atoms. The summed E-state index contributed by atoms with van der Waals surface area (Å²) in [6.45, 7) is 2.26. The summed E-state index contributed by atoms with van der Waals surface area (Å²) in [6, 6.07) is 9.35. The Kier molecular flexibility index (Phi) is 4.16. The van der Waals surface area contributed by atoms with Gasteiger partial charge in [0.05, 0.1) is 0 Å². The Bertz CT molecular complexity index is 971. The first-order chi connectivity index (χ1) is 11.5. The minimum atomic E-state index is -0.276. The van der Waals surface area contributed by atoms with Crippen LogP contribution in [0.25, 0.3) is 10.8 Å². The monoisotopic (exact) mass is 321 g/mol. The molecule has 0 N–H and O–H groups in total. The standard InChI is InChI=1S/C19H19N3O2/c1-13-9-18(23)17(12-21(13)2)19(24)22(3)11-15-6-4-5-14-10-20-8-7-16(14)15/h4-10,12H,11H2,1-3H3. The van der Waals surface area contributed by atoms with E-state index in [-0.39, 0.29) is 16.9 Å². The minimum absolute atomic E-state index is 0.188. The van der Waals surface area contributed by atoms with Crippen molar-refractivity contribution in [2.24, 2.45) is 7.05 Å². The number of amides is 1. The molecule has 0 spiro atoms. The quantitative estimate of drug-likeness (QED) is 0.745. The number of carbonyl (C=O) groups is 1. The Labute approximate surface area is 140 Å². The van der Waals surface area contributed by atoms with Crippen LogP contribution in [-0.2, 0) is 13.6 Å². The highest BCUT2D eigenvalue weighted by Gasteiger charge is 2.17. The van der Waals surface area contributed by atoms with Gasteiger partial charge in [0, 0.05) is 56.4 Å². The fourth-order valence-corrected chi connectivity index (χ4v) is 2.75. The van der Waals surface area contributed by atoms with Crippen LogP contribution in [0, 0.1) is 6.92 Å². The van der Waals surface area contributed by atoms with E-state index in [1.165, 1.54) is 6.07 Å². The van der Waals surface area contributed by atoms with E-state index in [1.54, 1.807) is 35.1 Å². The third-order valence-corrected chi connectivity index (χ3v) is 4.24. The lowest BCUT2D eigenvalue weighted by Crippen LogP contribution is -2.31. The van der Waals surface area contributed by atoms with E-state index in [0.29, 0.717) is 6.54 Å². The summed E-state index contributed by atoms with van der Waals surface area (Å²) < 4.78 is 1.78. The smallest absolute Gasteiger partial charge is 0.259 e. The molecule has 0 aliphatic carbocycles. The van der Waals surface area contributed by atoms with Crippen molar-refractivity contribution in [1.29, 1.82) is 0 Å². The maximum Gasteiger partial charge on any atom is 0.259 e. The fraction of sp³-hybridized carbons (Fsp3) is 0.211. The van der Waals surface area contributed by atoms with Gasteiger partial charge in [-0.3, -0.25) is 14.6 Å². The molecule has 5 heteroatoms. The van der Waals surface area contributed by atoms with E-state index in [1.807, 2.05) is 38.2 Å². The molecule has 5 nitrogen and oxygen atoms in total. The van der Waals surface area contributed by atoms with Gasteiger partial charge in [0.25, 0.3) is 5.91 Å². The Balaban J connectivity index is 1.92. The molecule has 0 bridgehead atoms. The van der Waals surface area contributed by atoms with Crippen molar-refractivity contribution in [2.75, 3.05) is 7.05 Å². The number of fused-ring (bicyclic) bond motifs is 1. The number of hydrogen-bond donors (Lipinski definition) is 0. The Morgan fingerprint density at radius 3 is 2.88 bits per heavy atom. The van der Waals surface area contributed by atoms with Crippen molar-refractivity contribution in [3.63, 3.8) is 0 Å². The molecule has 0 saturated carbocycles. The molecule has 0 fully saturated rings. The highest BCUT2D eigenvalue weighted by molar-refractivity contribution is 5.94. The molecule has 3 rings (SSSR count). The topological polar surface area (TPSA) is 55.2 Å². The van der Waals surface area contributed by atoms with Gasteiger partial charge in [-0.2, -0.15) is 0 Å². The van der Waals surface area contributed by atoms with Crippen LogP contribution in [0.15, 0.2) is 53.7 Å². The molecule has 122 valence electrons. The van der Waals surface area contributed by atoms with E-state index in [9.17, 15) is 9.59 Å². The zero-order valence-corrected chi connectivity index (χ0v) is 14.0. The van der Waals surface area contributed by atoms with Gasteiger partial charge in [-0.25, -0.2) is 0 Å². The summed E-state index contributed by atoms with van der Waals surface area (Å²) in [5, 5.41) is 2.09. The minimum Gasteiger partial charge on any atom is -0.354 e. The average molecular weight is 321 g/mol. The normalized spacial score (nSPS) is 10.8. The molecule has 2 heterocycles. The first kappa shape index (κ1) is 15.9. The van der Waals surface area contributed by atoms with Crippen LogP contribution in [0.3, 0.4) is 0 Å². The SMILES string of the molecule is Cc1cc(=O)c(C(=O)N(C)Cc2cccc3cnccc23)cn1C. The summed E-state index contributed by atoms with van der Waals surface area (Å²) >= 11 is 0. The molecule has 0 saturated heterocycles. The second-order valence-electron chi connectivity index (χ2n) is 5.98. The number of aryl methyl sites for hydroxylation is 2. The zero-order valence-electron chi connectivity index (χ0n) is 14.0. The predicted molar refractivity (Wildman–Crippen MR) is 94.0 cm³/mol. The second-order valence-corrected chi connectivity index (χ2v) is 5.98. The Hall–Kier alpha value is -2.95. The molecular formula is C19H19N3O2. The average Bonchev–Trinajstić information content (AvgIpc) is 2.58. The van der Waals surface area contributed by atoms with Gasteiger partial charge in [-0.05, 0) is 23.9 Å². The Morgan fingerprint density at radius 1 is 1.29 bits per heavy atom. The van der Waals surface area contributed by atoms with Crippen molar-refractivity contribution in [3.8, 4) is 0 Å². The molecule has 0 unspecified atom stereocenters. The van der Waals surface area contributed by atoms with Crippen LogP contribution in [0.2, 0.25) is 0 Å². The lowest BCUT2D eigenvalue weighted by Gasteiger charge is -2.19. The van der Waals surface area contributed by atoms with Gasteiger partial charge < -0.3 is 9.47 Å².